The van der Waals surface area contributed by atoms with E-state index in [4.69, 9.17) is 11.5 Å². The molecule has 8 nitrogen and oxygen atoms in total. The predicted molar refractivity (Wildman–Crippen MR) is 112 cm³/mol. The molecule has 1 aromatic heterocycles. The van der Waals surface area contributed by atoms with Gasteiger partial charge in [-0.25, -0.2) is 4.57 Å². The Bertz CT molecular complexity index is 905. The maximum Gasteiger partial charge on any atom is 0.253 e. The van der Waals surface area contributed by atoms with Gasteiger partial charge >= 0.3 is 0 Å². The molecule has 30 heavy (non-hydrogen) atoms. The lowest BCUT2D eigenvalue weighted by molar-refractivity contribution is -0.697. The third-order valence-corrected chi connectivity index (χ3v) is 5.24. The molecule has 158 valence electrons. The van der Waals surface area contributed by atoms with E-state index < -0.39 is 30.2 Å². The second-order valence-corrected chi connectivity index (χ2v) is 7.74. The number of rotatable bonds is 11. The van der Waals surface area contributed by atoms with E-state index in [1.807, 2.05) is 30.6 Å². The van der Waals surface area contributed by atoms with Gasteiger partial charge < -0.3 is 16.8 Å². The zero-order valence-corrected chi connectivity index (χ0v) is 17.3. The van der Waals surface area contributed by atoms with Crippen LogP contribution in [-0.4, -0.2) is 28.9 Å². The zero-order chi connectivity index (χ0) is 21.9. The number of benzene rings is 1. The van der Waals surface area contributed by atoms with Gasteiger partial charge in [-0.15, -0.1) is 0 Å². The summed E-state index contributed by atoms with van der Waals surface area (Å²) in [5, 5.41) is 2.35. The number of primary amides is 2. The number of amides is 3. The number of nitrogens with zero attached hydrogens (tertiary/aromatic N) is 1. The highest BCUT2D eigenvalue weighted by atomic mass is 32.2. The van der Waals surface area contributed by atoms with Crippen LogP contribution < -0.4 is 21.4 Å². The third kappa shape index (κ3) is 7.67. The Morgan fingerprint density at radius 3 is 2.33 bits per heavy atom. The number of aryl methyl sites for hydroxylation is 1. The Balaban J connectivity index is 1.91. The molecule has 2 rings (SSSR count). The lowest BCUT2D eigenvalue weighted by atomic mass is 10.1. The van der Waals surface area contributed by atoms with Gasteiger partial charge in [0.1, 0.15) is 12.6 Å². The summed E-state index contributed by atoms with van der Waals surface area (Å²) in [5.41, 5.74) is 10.5. The van der Waals surface area contributed by atoms with Gasteiger partial charge in [0.05, 0.1) is 12.0 Å². The van der Waals surface area contributed by atoms with E-state index in [0.29, 0.717) is 11.3 Å². The zero-order valence-electron chi connectivity index (χ0n) is 16.5. The minimum Gasteiger partial charge on any atom is -0.370 e. The van der Waals surface area contributed by atoms with Crippen molar-refractivity contribution in [1.29, 1.82) is 0 Å². The fraction of sp³-hybridized carbons (Fsp3) is 0.286. The molecule has 1 aromatic carbocycles. The first-order valence-electron chi connectivity index (χ1n) is 9.49. The Morgan fingerprint density at radius 1 is 0.967 bits per heavy atom. The van der Waals surface area contributed by atoms with Crippen molar-refractivity contribution in [2.75, 3.05) is 0 Å². The summed E-state index contributed by atoms with van der Waals surface area (Å²) in [7, 11) is 0. The van der Waals surface area contributed by atoms with Crippen molar-refractivity contribution in [1.82, 2.24) is 5.32 Å². The van der Waals surface area contributed by atoms with E-state index in [-0.39, 0.29) is 10.7 Å². The first-order chi connectivity index (χ1) is 14.4. The van der Waals surface area contributed by atoms with Crippen molar-refractivity contribution in [3.8, 4) is 0 Å². The number of hydrogen-bond donors (Lipinski definition) is 3. The summed E-state index contributed by atoms with van der Waals surface area (Å²) in [6.45, 7) is 0.826. The minimum absolute atomic E-state index is 0.0584. The molecule has 3 amide bonds. The SMILES string of the molecule is NC(=O)CC(NC(=O)c1ccccc1SC(=O)CCCC[n+]1ccccc1)C(N)=O. The van der Waals surface area contributed by atoms with Crippen molar-refractivity contribution in [2.45, 2.75) is 43.2 Å². The van der Waals surface area contributed by atoms with Crippen LogP contribution in [0.5, 0.6) is 0 Å². The van der Waals surface area contributed by atoms with Gasteiger partial charge in [-0.2, -0.15) is 0 Å². The molecule has 0 aliphatic rings. The van der Waals surface area contributed by atoms with Crippen molar-refractivity contribution < 1.29 is 23.7 Å². The normalized spacial score (nSPS) is 11.5. The molecule has 0 saturated heterocycles. The number of nitrogens with two attached hydrogens (primary N) is 2. The van der Waals surface area contributed by atoms with Gasteiger partial charge in [0.25, 0.3) is 5.91 Å². The largest absolute Gasteiger partial charge is 0.370 e. The number of thioether (sulfide) groups is 1. The maximum absolute atomic E-state index is 12.6. The Kier molecular flexibility index (Phi) is 9.02. The van der Waals surface area contributed by atoms with Crippen molar-refractivity contribution >= 4 is 34.6 Å². The lowest BCUT2D eigenvalue weighted by Gasteiger charge is -2.15. The van der Waals surface area contributed by atoms with Crippen LogP contribution in [0.15, 0.2) is 59.8 Å². The molecule has 9 heteroatoms. The fourth-order valence-corrected chi connectivity index (χ4v) is 3.63. The van der Waals surface area contributed by atoms with Crippen molar-refractivity contribution in [2.24, 2.45) is 11.5 Å². The first kappa shape index (κ1) is 23.1. The van der Waals surface area contributed by atoms with E-state index >= 15 is 0 Å². The summed E-state index contributed by atoms with van der Waals surface area (Å²) in [6, 6.07) is 11.2. The van der Waals surface area contributed by atoms with Gasteiger partial charge in [-0.1, -0.05) is 30.0 Å². The van der Waals surface area contributed by atoms with Gasteiger partial charge in [0.2, 0.25) is 11.8 Å². The number of pyridine rings is 1. The fourth-order valence-electron chi connectivity index (χ4n) is 2.72. The summed E-state index contributed by atoms with van der Waals surface area (Å²) in [6.07, 6.45) is 5.52. The summed E-state index contributed by atoms with van der Waals surface area (Å²) in [4.78, 5) is 47.9. The summed E-state index contributed by atoms with van der Waals surface area (Å²) in [5.74, 6) is -2.22. The topological polar surface area (TPSA) is 136 Å². The first-order valence-corrected chi connectivity index (χ1v) is 10.3. The van der Waals surface area contributed by atoms with Gasteiger partial charge in [-0.05, 0) is 18.6 Å². The van der Waals surface area contributed by atoms with Crippen LogP contribution in [0.3, 0.4) is 0 Å². The average Bonchev–Trinajstić information content (AvgIpc) is 2.71. The van der Waals surface area contributed by atoms with E-state index in [0.717, 1.165) is 31.1 Å². The van der Waals surface area contributed by atoms with Crippen molar-refractivity contribution in [3.63, 3.8) is 0 Å². The molecule has 2 aromatic rings. The molecule has 0 fully saturated rings. The Labute approximate surface area is 179 Å². The summed E-state index contributed by atoms with van der Waals surface area (Å²) < 4.78 is 2.05. The molecule has 1 heterocycles. The van der Waals surface area contributed by atoms with Crippen LogP contribution in [-0.2, 0) is 20.9 Å². The number of carbonyl (C=O) groups is 4. The Hall–Kier alpha value is -3.20. The van der Waals surface area contributed by atoms with Crippen LogP contribution in [0, 0.1) is 0 Å². The highest BCUT2D eigenvalue weighted by molar-refractivity contribution is 8.13. The molecule has 0 aliphatic heterocycles. The highest BCUT2D eigenvalue weighted by Crippen LogP contribution is 2.25. The van der Waals surface area contributed by atoms with E-state index in [1.165, 1.54) is 0 Å². The van der Waals surface area contributed by atoms with Crippen LogP contribution in [0.25, 0.3) is 0 Å². The molecular weight excluding hydrogens is 404 g/mol. The number of unbranched alkanes of at least 4 members (excludes halogenated alkanes) is 1. The number of carbonyl (C=O) groups excluding carboxylic acids is 4. The van der Waals surface area contributed by atoms with Crippen LogP contribution in [0.1, 0.15) is 36.0 Å². The molecular formula is C21H25N4O4S+. The monoisotopic (exact) mass is 429 g/mol. The maximum atomic E-state index is 12.6. The predicted octanol–water partition coefficient (Wildman–Crippen LogP) is 0.922. The van der Waals surface area contributed by atoms with E-state index in [2.05, 4.69) is 9.88 Å². The number of aromatic nitrogens is 1. The number of hydrogen-bond acceptors (Lipinski definition) is 5. The molecule has 0 radical (unpaired) electrons. The number of nitrogens with one attached hydrogen (secondary N) is 1. The summed E-state index contributed by atoms with van der Waals surface area (Å²) >= 11 is 0.980. The molecule has 1 atom stereocenters. The minimum atomic E-state index is -1.21. The average molecular weight is 430 g/mol. The molecule has 0 spiro atoms. The standard InChI is InChI=1S/C21H24N4O4S/c22-18(26)14-16(20(23)28)24-21(29)15-8-2-3-9-17(15)30-19(27)10-4-7-13-25-11-5-1-6-12-25/h1-3,5-6,8-9,11-12,16H,4,7,10,13-14H2,(H4-,22,23,24,26,28,29)/p+1. The van der Waals surface area contributed by atoms with Gasteiger partial charge in [0, 0.05) is 29.9 Å². The molecule has 0 bridgehead atoms. The molecule has 5 N–H and O–H groups in total. The quantitative estimate of drug-likeness (QED) is 0.277. The Morgan fingerprint density at radius 2 is 1.67 bits per heavy atom. The van der Waals surface area contributed by atoms with Crippen LogP contribution >= 0.6 is 11.8 Å². The smallest absolute Gasteiger partial charge is 0.253 e. The molecule has 1 unspecified atom stereocenters. The third-order valence-electron chi connectivity index (χ3n) is 4.23. The van der Waals surface area contributed by atoms with Crippen molar-refractivity contribution in [3.05, 3.63) is 60.4 Å². The van der Waals surface area contributed by atoms with Gasteiger partial charge in [0.15, 0.2) is 17.5 Å². The molecule has 0 saturated carbocycles. The van der Waals surface area contributed by atoms with E-state index in [1.54, 1.807) is 24.3 Å². The lowest BCUT2D eigenvalue weighted by Crippen LogP contribution is -2.46. The second kappa shape index (κ2) is 11.7. The van der Waals surface area contributed by atoms with Gasteiger partial charge in [-0.3, -0.25) is 19.2 Å². The highest BCUT2D eigenvalue weighted by Gasteiger charge is 2.23. The van der Waals surface area contributed by atoms with Crippen LogP contribution in [0.4, 0.5) is 0 Å². The second-order valence-electron chi connectivity index (χ2n) is 6.64. The van der Waals surface area contributed by atoms with Crippen LogP contribution in [0.2, 0.25) is 0 Å². The van der Waals surface area contributed by atoms with E-state index in [9.17, 15) is 19.2 Å². The molecule has 0 aliphatic carbocycles.